The summed E-state index contributed by atoms with van der Waals surface area (Å²) >= 11 is 0. The number of nitrogens with zero attached hydrogens (tertiary/aromatic N) is 4. The van der Waals surface area contributed by atoms with Gasteiger partial charge in [0.05, 0.1) is 13.7 Å². The Bertz CT molecular complexity index is 867. The Morgan fingerprint density at radius 2 is 1.77 bits per heavy atom. The van der Waals surface area contributed by atoms with E-state index in [-0.39, 0.29) is 17.9 Å². The van der Waals surface area contributed by atoms with E-state index in [4.69, 9.17) is 4.74 Å². The molecule has 2 aliphatic heterocycles. The van der Waals surface area contributed by atoms with E-state index in [2.05, 4.69) is 20.5 Å². The van der Waals surface area contributed by atoms with Gasteiger partial charge in [-0.15, -0.1) is 0 Å². The highest BCUT2D eigenvalue weighted by Gasteiger charge is 2.30. The molecule has 0 unspecified atom stereocenters. The summed E-state index contributed by atoms with van der Waals surface area (Å²) in [5.74, 6) is 1.89. The van der Waals surface area contributed by atoms with E-state index in [1.807, 2.05) is 34.1 Å². The Hall–Kier alpha value is -3.10. The molecule has 2 saturated heterocycles. The van der Waals surface area contributed by atoms with Crippen molar-refractivity contribution in [3.63, 3.8) is 0 Å². The summed E-state index contributed by atoms with van der Waals surface area (Å²) in [6.45, 7) is 3.29. The van der Waals surface area contributed by atoms with E-state index in [1.165, 1.54) is 0 Å². The van der Waals surface area contributed by atoms with Crippen LogP contribution in [0.2, 0.25) is 0 Å². The fourth-order valence-corrected chi connectivity index (χ4v) is 4.00. The molecule has 30 heavy (non-hydrogen) atoms. The van der Waals surface area contributed by atoms with Gasteiger partial charge in [0.15, 0.2) is 5.82 Å². The summed E-state index contributed by atoms with van der Waals surface area (Å²) < 4.78 is 5.16. The van der Waals surface area contributed by atoms with Gasteiger partial charge in [0.1, 0.15) is 11.6 Å². The zero-order valence-corrected chi connectivity index (χ0v) is 17.3. The fraction of sp³-hybridized carbons (Fsp3) is 0.524. The quantitative estimate of drug-likeness (QED) is 0.782. The first kappa shape index (κ1) is 20.2. The highest BCUT2D eigenvalue weighted by atomic mass is 16.5. The van der Waals surface area contributed by atoms with E-state index >= 15 is 0 Å². The van der Waals surface area contributed by atoms with Crippen LogP contribution in [0.4, 0.5) is 4.79 Å². The number of likely N-dealkylation sites (tertiary alicyclic amines) is 2. The van der Waals surface area contributed by atoms with Crippen molar-refractivity contribution in [1.82, 2.24) is 30.3 Å². The summed E-state index contributed by atoms with van der Waals surface area (Å²) in [5, 5.41) is 10.0. The number of nitrogens with one attached hydrogen (secondary N) is 2. The number of rotatable bonds is 5. The number of piperidine rings is 1. The van der Waals surface area contributed by atoms with Gasteiger partial charge in [0, 0.05) is 37.7 Å². The van der Waals surface area contributed by atoms with Crippen molar-refractivity contribution in [1.29, 1.82) is 0 Å². The Labute approximate surface area is 175 Å². The lowest BCUT2D eigenvalue weighted by atomic mass is 9.96. The van der Waals surface area contributed by atoms with Crippen LogP contribution in [-0.4, -0.2) is 70.2 Å². The summed E-state index contributed by atoms with van der Waals surface area (Å²) in [6, 6.07) is 7.62. The third-order valence-corrected chi connectivity index (χ3v) is 5.82. The minimum absolute atomic E-state index is 0.00525. The number of carbonyl (C=O) groups is 2. The van der Waals surface area contributed by atoms with Gasteiger partial charge in [0.25, 0.3) is 0 Å². The fourth-order valence-electron chi connectivity index (χ4n) is 4.00. The molecule has 160 valence electrons. The average molecular weight is 412 g/mol. The molecule has 3 amide bonds. The summed E-state index contributed by atoms with van der Waals surface area (Å²) in [6.07, 6.45) is 3.57. The molecule has 2 N–H and O–H groups in total. The average Bonchev–Trinajstić information content (AvgIpc) is 3.50. The first-order valence-electron chi connectivity index (χ1n) is 10.5. The Morgan fingerprint density at radius 3 is 2.43 bits per heavy atom. The number of ether oxygens (including phenoxy) is 1. The van der Waals surface area contributed by atoms with Crippen molar-refractivity contribution < 1.29 is 14.3 Å². The lowest BCUT2D eigenvalue weighted by molar-refractivity contribution is -0.126. The molecule has 0 aliphatic carbocycles. The number of carbonyl (C=O) groups excluding carboxylic acids is 2. The van der Waals surface area contributed by atoms with Crippen LogP contribution in [0.5, 0.6) is 5.75 Å². The molecule has 9 heteroatoms. The van der Waals surface area contributed by atoms with Crippen LogP contribution in [0, 0.1) is 5.92 Å². The molecule has 0 spiro atoms. The van der Waals surface area contributed by atoms with E-state index in [1.54, 1.807) is 7.11 Å². The Balaban J connectivity index is 1.24. The maximum atomic E-state index is 12.6. The smallest absolute Gasteiger partial charge is 0.319 e. The van der Waals surface area contributed by atoms with Gasteiger partial charge in [-0.3, -0.25) is 9.89 Å². The lowest BCUT2D eigenvalue weighted by Crippen LogP contribution is -2.47. The second kappa shape index (κ2) is 9.15. The number of H-pyrrole nitrogens is 1. The molecular weight excluding hydrogens is 384 g/mol. The molecule has 4 rings (SSSR count). The first-order chi connectivity index (χ1) is 14.6. The van der Waals surface area contributed by atoms with E-state index in [9.17, 15) is 9.59 Å². The van der Waals surface area contributed by atoms with Crippen LogP contribution in [0.1, 0.15) is 31.5 Å². The molecule has 3 heterocycles. The van der Waals surface area contributed by atoms with Crippen molar-refractivity contribution in [3.8, 4) is 17.1 Å². The predicted octanol–water partition coefficient (Wildman–Crippen LogP) is 2.02. The van der Waals surface area contributed by atoms with Crippen molar-refractivity contribution >= 4 is 11.9 Å². The van der Waals surface area contributed by atoms with Gasteiger partial charge in [-0.2, -0.15) is 5.10 Å². The van der Waals surface area contributed by atoms with Crippen molar-refractivity contribution in [2.45, 2.75) is 32.2 Å². The summed E-state index contributed by atoms with van der Waals surface area (Å²) in [7, 11) is 1.62. The number of aromatic amines is 1. The van der Waals surface area contributed by atoms with Crippen LogP contribution in [0.25, 0.3) is 11.4 Å². The van der Waals surface area contributed by atoms with Crippen LogP contribution in [0.3, 0.4) is 0 Å². The van der Waals surface area contributed by atoms with Crippen molar-refractivity contribution in [2.75, 3.05) is 33.3 Å². The Kier molecular flexibility index (Phi) is 6.15. The summed E-state index contributed by atoms with van der Waals surface area (Å²) in [5.41, 5.74) is 0.875. The topological polar surface area (TPSA) is 103 Å². The molecule has 0 bridgehead atoms. The number of hydrogen-bond donors (Lipinski definition) is 2. The SMILES string of the molecule is COc1ccc(-c2n[nH]c(CNC(=O)C3CCN(C(=O)N4CCCC4)CC3)n2)cc1. The van der Waals surface area contributed by atoms with Crippen LogP contribution in [0.15, 0.2) is 24.3 Å². The number of urea groups is 1. The van der Waals surface area contributed by atoms with Gasteiger partial charge in [-0.05, 0) is 49.9 Å². The highest BCUT2D eigenvalue weighted by Crippen LogP contribution is 2.21. The molecule has 0 radical (unpaired) electrons. The minimum Gasteiger partial charge on any atom is -0.497 e. The van der Waals surface area contributed by atoms with E-state index in [0.717, 1.165) is 37.2 Å². The zero-order chi connectivity index (χ0) is 20.9. The molecule has 2 aromatic rings. The number of amides is 3. The predicted molar refractivity (Wildman–Crippen MR) is 111 cm³/mol. The number of methoxy groups -OCH3 is 1. The number of hydrogen-bond acceptors (Lipinski definition) is 5. The first-order valence-corrected chi connectivity index (χ1v) is 10.5. The van der Waals surface area contributed by atoms with Crippen LogP contribution < -0.4 is 10.1 Å². The molecule has 0 saturated carbocycles. The molecular formula is C21H28N6O3. The maximum absolute atomic E-state index is 12.6. The molecule has 0 atom stereocenters. The molecule has 2 aliphatic rings. The van der Waals surface area contributed by atoms with Gasteiger partial charge < -0.3 is 19.9 Å². The Morgan fingerprint density at radius 1 is 1.10 bits per heavy atom. The van der Waals surface area contributed by atoms with Crippen molar-refractivity contribution in [3.05, 3.63) is 30.1 Å². The molecule has 9 nitrogen and oxygen atoms in total. The second-order valence-electron chi connectivity index (χ2n) is 7.79. The number of aromatic nitrogens is 3. The van der Waals surface area contributed by atoms with Gasteiger partial charge in [-0.25, -0.2) is 9.78 Å². The highest BCUT2D eigenvalue weighted by molar-refractivity contribution is 5.79. The maximum Gasteiger partial charge on any atom is 0.319 e. The van der Waals surface area contributed by atoms with Crippen LogP contribution in [-0.2, 0) is 11.3 Å². The molecule has 2 fully saturated rings. The van der Waals surface area contributed by atoms with Gasteiger partial charge in [-0.1, -0.05) is 0 Å². The minimum atomic E-state index is -0.0726. The second-order valence-corrected chi connectivity index (χ2v) is 7.79. The third kappa shape index (κ3) is 4.55. The van der Waals surface area contributed by atoms with E-state index in [0.29, 0.717) is 44.1 Å². The molecule has 1 aromatic heterocycles. The van der Waals surface area contributed by atoms with E-state index < -0.39 is 0 Å². The monoisotopic (exact) mass is 412 g/mol. The van der Waals surface area contributed by atoms with Gasteiger partial charge >= 0.3 is 6.03 Å². The number of benzene rings is 1. The standard InChI is InChI=1S/C21H28N6O3/c1-30-17-6-4-15(5-7-17)19-23-18(24-25-19)14-22-20(28)16-8-12-27(13-9-16)21(29)26-10-2-3-11-26/h4-7,16H,2-3,8-14H2,1H3,(H,22,28)(H,23,24,25). The lowest BCUT2D eigenvalue weighted by Gasteiger charge is -2.34. The zero-order valence-electron chi connectivity index (χ0n) is 17.3. The normalized spacial score (nSPS) is 17.2. The van der Waals surface area contributed by atoms with Crippen molar-refractivity contribution in [2.24, 2.45) is 5.92 Å². The molecule has 1 aromatic carbocycles. The van der Waals surface area contributed by atoms with Gasteiger partial charge in [0.2, 0.25) is 5.91 Å². The summed E-state index contributed by atoms with van der Waals surface area (Å²) in [4.78, 5) is 33.3. The van der Waals surface area contributed by atoms with Crippen LogP contribution >= 0.6 is 0 Å². The third-order valence-electron chi connectivity index (χ3n) is 5.82. The largest absolute Gasteiger partial charge is 0.497 e.